The van der Waals surface area contributed by atoms with Crippen molar-refractivity contribution in [3.8, 4) is 10.6 Å². The molecule has 1 aliphatic heterocycles. The van der Waals surface area contributed by atoms with E-state index in [1.54, 1.807) is 6.07 Å². The van der Waals surface area contributed by atoms with Crippen LogP contribution in [0.4, 0.5) is 0 Å². The van der Waals surface area contributed by atoms with Gasteiger partial charge in [0.05, 0.1) is 24.6 Å². The predicted molar refractivity (Wildman–Crippen MR) is 88.9 cm³/mol. The van der Waals surface area contributed by atoms with Crippen LogP contribution in [-0.4, -0.2) is 54.1 Å². The Kier molecular flexibility index (Phi) is 5.56. The van der Waals surface area contributed by atoms with E-state index < -0.39 is 0 Å². The van der Waals surface area contributed by atoms with Crippen LogP contribution in [0.1, 0.15) is 23.3 Å². The number of likely N-dealkylation sites (tertiary alicyclic amines) is 1. The molecule has 0 aromatic carbocycles. The van der Waals surface area contributed by atoms with Crippen molar-refractivity contribution in [1.82, 2.24) is 15.4 Å². The fourth-order valence-electron chi connectivity index (χ4n) is 2.37. The molecule has 8 nitrogen and oxygen atoms in total. The Balaban J connectivity index is 1.34. The molecule has 25 heavy (non-hydrogen) atoms. The minimum Gasteiger partial charge on any atom is -0.378 e. The molecule has 0 saturated carbocycles. The van der Waals surface area contributed by atoms with Gasteiger partial charge >= 0.3 is 0 Å². The highest BCUT2D eigenvalue weighted by Gasteiger charge is 2.28. The van der Waals surface area contributed by atoms with Crippen LogP contribution in [-0.2, 0) is 14.3 Å². The SMILES string of the molecule is O=C(NCCOCCN1C(=O)CCC1=O)c1cc(-c2cccs2)on1. The van der Waals surface area contributed by atoms with Gasteiger partial charge in [-0.05, 0) is 11.4 Å². The van der Waals surface area contributed by atoms with Crippen LogP contribution in [0.2, 0.25) is 0 Å². The van der Waals surface area contributed by atoms with Gasteiger partial charge in [0.25, 0.3) is 5.91 Å². The van der Waals surface area contributed by atoms with Crippen LogP contribution in [0, 0.1) is 0 Å². The molecule has 2 aromatic rings. The lowest BCUT2D eigenvalue weighted by Crippen LogP contribution is -2.33. The molecule has 0 aliphatic carbocycles. The Labute approximate surface area is 147 Å². The van der Waals surface area contributed by atoms with Crippen molar-refractivity contribution in [2.24, 2.45) is 0 Å². The summed E-state index contributed by atoms with van der Waals surface area (Å²) in [6.45, 7) is 1.07. The summed E-state index contributed by atoms with van der Waals surface area (Å²) >= 11 is 1.50. The fraction of sp³-hybridized carbons (Fsp3) is 0.375. The van der Waals surface area contributed by atoms with Gasteiger partial charge in [-0.3, -0.25) is 19.3 Å². The summed E-state index contributed by atoms with van der Waals surface area (Å²) in [7, 11) is 0. The van der Waals surface area contributed by atoms with E-state index in [1.807, 2.05) is 17.5 Å². The van der Waals surface area contributed by atoms with Crippen molar-refractivity contribution in [2.45, 2.75) is 12.8 Å². The first kappa shape index (κ1) is 17.3. The number of aromatic nitrogens is 1. The third kappa shape index (κ3) is 4.31. The van der Waals surface area contributed by atoms with E-state index in [0.717, 1.165) is 4.88 Å². The van der Waals surface area contributed by atoms with Gasteiger partial charge in [-0.25, -0.2) is 0 Å². The number of hydrogen-bond donors (Lipinski definition) is 1. The van der Waals surface area contributed by atoms with Crippen LogP contribution >= 0.6 is 11.3 Å². The zero-order chi connectivity index (χ0) is 17.6. The van der Waals surface area contributed by atoms with Gasteiger partial charge in [0, 0.05) is 25.5 Å². The smallest absolute Gasteiger partial charge is 0.273 e. The molecule has 0 unspecified atom stereocenters. The van der Waals surface area contributed by atoms with E-state index in [2.05, 4.69) is 10.5 Å². The Morgan fingerprint density at radius 2 is 2.12 bits per heavy atom. The van der Waals surface area contributed by atoms with Crippen LogP contribution < -0.4 is 5.32 Å². The lowest BCUT2D eigenvalue weighted by Gasteiger charge is -2.13. The molecule has 0 spiro atoms. The van der Waals surface area contributed by atoms with Gasteiger partial charge in [-0.2, -0.15) is 0 Å². The molecule has 132 valence electrons. The van der Waals surface area contributed by atoms with Gasteiger partial charge in [-0.15, -0.1) is 11.3 Å². The highest BCUT2D eigenvalue weighted by molar-refractivity contribution is 7.13. The van der Waals surface area contributed by atoms with Crippen LogP contribution in [0.25, 0.3) is 10.6 Å². The summed E-state index contributed by atoms with van der Waals surface area (Å²) in [6, 6.07) is 5.37. The lowest BCUT2D eigenvalue weighted by molar-refractivity contribution is -0.139. The van der Waals surface area contributed by atoms with Crippen molar-refractivity contribution in [3.05, 3.63) is 29.3 Å². The quantitative estimate of drug-likeness (QED) is 0.560. The largest absolute Gasteiger partial charge is 0.378 e. The van der Waals surface area contributed by atoms with E-state index in [4.69, 9.17) is 9.26 Å². The van der Waals surface area contributed by atoms with Crippen molar-refractivity contribution in [3.63, 3.8) is 0 Å². The standard InChI is InChI=1S/C16H17N3O5S/c20-14-3-4-15(21)19(14)6-8-23-7-5-17-16(22)11-10-12(24-18-11)13-2-1-9-25-13/h1-2,9-10H,3-8H2,(H,17,22). The first-order valence-electron chi connectivity index (χ1n) is 7.85. The molecular weight excluding hydrogens is 346 g/mol. The Bertz CT molecular complexity index is 740. The highest BCUT2D eigenvalue weighted by atomic mass is 32.1. The normalized spacial score (nSPS) is 14.3. The molecule has 0 radical (unpaired) electrons. The number of nitrogens with zero attached hydrogens (tertiary/aromatic N) is 2. The van der Waals surface area contributed by atoms with Crippen molar-refractivity contribution in [2.75, 3.05) is 26.3 Å². The van der Waals surface area contributed by atoms with Gasteiger partial charge < -0.3 is 14.6 Å². The highest BCUT2D eigenvalue weighted by Crippen LogP contribution is 2.24. The van der Waals surface area contributed by atoms with Crippen molar-refractivity contribution < 1.29 is 23.6 Å². The molecule has 1 fully saturated rings. The number of hydrogen-bond acceptors (Lipinski definition) is 7. The van der Waals surface area contributed by atoms with E-state index >= 15 is 0 Å². The zero-order valence-corrected chi connectivity index (χ0v) is 14.2. The van der Waals surface area contributed by atoms with Gasteiger partial charge in [-0.1, -0.05) is 11.2 Å². The molecule has 9 heteroatoms. The number of ether oxygens (including phenoxy) is 1. The fourth-order valence-corrected chi connectivity index (χ4v) is 3.05. The topological polar surface area (TPSA) is 102 Å². The van der Waals surface area contributed by atoms with Crippen molar-refractivity contribution >= 4 is 29.1 Å². The Morgan fingerprint density at radius 1 is 1.32 bits per heavy atom. The summed E-state index contributed by atoms with van der Waals surface area (Å²) in [6.07, 6.45) is 0.556. The lowest BCUT2D eigenvalue weighted by atomic mass is 10.3. The summed E-state index contributed by atoms with van der Waals surface area (Å²) in [5.74, 6) is -0.111. The minimum atomic E-state index is -0.347. The molecule has 3 amide bonds. The van der Waals surface area contributed by atoms with Crippen LogP contribution in [0.5, 0.6) is 0 Å². The number of nitrogens with one attached hydrogen (secondary N) is 1. The molecule has 2 aromatic heterocycles. The first-order chi connectivity index (χ1) is 12.1. The molecule has 0 atom stereocenters. The van der Waals surface area contributed by atoms with E-state index in [0.29, 0.717) is 12.3 Å². The second-order valence-corrected chi connectivity index (χ2v) is 6.31. The molecule has 0 bridgehead atoms. The maximum atomic E-state index is 12.0. The summed E-state index contributed by atoms with van der Waals surface area (Å²) < 4.78 is 10.5. The predicted octanol–water partition coefficient (Wildman–Crippen LogP) is 1.30. The van der Waals surface area contributed by atoms with Gasteiger partial charge in [0.2, 0.25) is 11.8 Å². The number of amides is 3. The molecule has 1 saturated heterocycles. The number of carbonyl (C=O) groups is 3. The van der Waals surface area contributed by atoms with Crippen LogP contribution in [0.3, 0.4) is 0 Å². The maximum absolute atomic E-state index is 12.0. The molecule has 1 N–H and O–H groups in total. The van der Waals surface area contributed by atoms with Crippen molar-refractivity contribution in [1.29, 1.82) is 0 Å². The van der Waals surface area contributed by atoms with Gasteiger partial charge in [0.1, 0.15) is 0 Å². The van der Waals surface area contributed by atoms with Gasteiger partial charge in [0.15, 0.2) is 11.5 Å². The monoisotopic (exact) mass is 363 g/mol. The first-order valence-corrected chi connectivity index (χ1v) is 8.73. The van der Waals surface area contributed by atoms with E-state index in [-0.39, 0.29) is 56.0 Å². The summed E-state index contributed by atoms with van der Waals surface area (Å²) in [5.41, 5.74) is 0.205. The number of thiophene rings is 1. The third-order valence-electron chi connectivity index (χ3n) is 3.65. The van der Waals surface area contributed by atoms with E-state index in [1.165, 1.54) is 16.2 Å². The minimum absolute atomic E-state index is 0.158. The Morgan fingerprint density at radius 3 is 2.84 bits per heavy atom. The second kappa shape index (κ2) is 8.04. The summed E-state index contributed by atoms with van der Waals surface area (Å²) in [5, 5.41) is 8.34. The van der Waals surface area contributed by atoms with Crippen LogP contribution in [0.15, 0.2) is 28.1 Å². The molecule has 3 heterocycles. The maximum Gasteiger partial charge on any atom is 0.273 e. The molecular formula is C16H17N3O5S. The zero-order valence-electron chi connectivity index (χ0n) is 13.4. The average molecular weight is 363 g/mol. The Hall–Kier alpha value is -2.52. The third-order valence-corrected chi connectivity index (χ3v) is 4.54. The molecule has 1 aliphatic rings. The number of carbonyl (C=O) groups excluding carboxylic acids is 3. The van der Waals surface area contributed by atoms with E-state index in [9.17, 15) is 14.4 Å². The second-order valence-electron chi connectivity index (χ2n) is 5.36. The number of imide groups is 1. The average Bonchev–Trinajstić information content (AvgIpc) is 3.33. The number of rotatable bonds is 8. The molecule has 3 rings (SSSR count). The summed E-state index contributed by atoms with van der Waals surface area (Å²) in [4.78, 5) is 36.9.